The zero-order valence-electron chi connectivity index (χ0n) is 13.9. The summed E-state index contributed by atoms with van der Waals surface area (Å²) in [6, 6.07) is 9.95. The van der Waals surface area contributed by atoms with Gasteiger partial charge in [-0.3, -0.25) is 4.79 Å². The number of aryl methyl sites for hydroxylation is 1. The van der Waals surface area contributed by atoms with Gasteiger partial charge in [0.1, 0.15) is 5.25 Å². The van der Waals surface area contributed by atoms with Crippen molar-refractivity contribution >= 4 is 33.1 Å². The molecule has 0 aliphatic rings. The Hall–Kier alpha value is -2.19. The van der Waals surface area contributed by atoms with Crippen LogP contribution in [-0.4, -0.2) is 33.4 Å². The first-order chi connectivity index (χ1) is 11.9. The maximum atomic E-state index is 13.0. The Morgan fingerprint density at radius 3 is 2.44 bits per heavy atom. The molecule has 0 saturated heterocycles. The van der Waals surface area contributed by atoms with Crippen molar-refractivity contribution in [3.05, 3.63) is 52.2 Å². The molecule has 134 valence electrons. The average molecular weight is 381 g/mol. The molecule has 0 saturated carbocycles. The molecule has 1 aromatic heterocycles. The lowest BCUT2D eigenvalue weighted by atomic mass is 10.2. The summed E-state index contributed by atoms with van der Waals surface area (Å²) in [7, 11) is -3.73. The fraction of sp³-hybridized carbons (Fsp3) is 0.294. The maximum Gasteiger partial charge on any atom is 0.396 e. The average Bonchev–Trinajstić information content (AvgIpc) is 3.09. The monoisotopic (exact) mass is 381 g/mol. The number of thiophene rings is 1. The topological polar surface area (TPSA) is 89.5 Å². The molecular weight excluding hydrogens is 362 g/mol. The van der Waals surface area contributed by atoms with E-state index in [1.807, 2.05) is 6.92 Å². The molecular formula is C17H19NO5S2. The van der Waals surface area contributed by atoms with Gasteiger partial charge in [0.05, 0.1) is 11.5 Å². The molecule has 2 aromatic rings. The summed E-state index contributed by atoms with van der Waals surface area (Å²) in [5.74, 6) is -1.98. The Balaban J connectivity index is 2.26. The molecule has 2 rings (SSSR count). The highest BCUT2D eigenvalue weighted by Gasteiger charge is 2.31. The predicted octanol–water partition coefficient (Wildman–Crippen LogP) is 2.25. The number of ether oxygens (including phenoxy) is 1. The van der Waals surface area contributed by atoms with E-state index in [1.54, 1.807) is 48.7 Å². The standard InChI is InChI=1S/C17H19NO5S2/c1-3-23-17(20)16(19)18-11-15(14-5-4-10-24-14)25(21,22)13-8-6-12(2)7-9-13/h4-10,15H,3,11H2,1-2H3,(H,18,19)/t15-/m1/s1. The van der Waals surface area contributed by atoms with Crippen LogP contribution < -0.4 is 5.32 Å². The van der Waals surface area contributed by atoms with Gasteiger partial charge in [0.25, 0.3) is 0 Å². The lowest BCUT2D eigenvalue weighted by molar-refractivity contribution is -0.154. The van der Waals surface area contributed by atoms with Crippen LogP contribution in [0.3, 0.4) is 0 Å². The first-order valence-corrected chi connectivity index (χ1v) is 10.1. The van der Waals surface area contributed by atoms with Crippen LogP contribution in [0.5, 0.6) is 0 Å². The van der Waals surface area contributed by atoms with Crippen LogP contribution in [0.1, 0.15) is 22.6 Å². The van der Waals surface area contributed by atoms with E-state index >= 15 is 0 Å². The Labute approximate surface area is 150 Å². The van der Waals surface area contributed by atoms with Crippen molar-refractivity contribution < 1.29 is 22.7 Å². The van der Waals surface area contributed by atoms with E-state index in [4.69, 9.17) is 0 Å². The SMILES string of the molecule is CCOC(=O)C(=O)NC[C@H](c1cccs1)S(=O)(=O)c1ccc(C)cc1. The lowest BCUT2D eigenvalue weighted by Crippen LogP contribution is -2.37. The van der Waals surface area contributed by atoms with Crippen molar-refractivity contribution in [2.45, 2.75) is 24.0 Å². The normalized spacial score (nSPS) is 12.4. The summed E-state index contributed by atoms with van der Waals surface area (Å²) in [5.41, 5.74) is 0.947. The molecule has 25 heavy (non-hydrogen) atoms. The summed E-state index contributed by atoms with van der Waals surface area (Å²) in [5, 5.41) is 3.14. The third kappa shape index (κ3) is 4.67. The van der Waals surface area contributed by atoms with Crippen molar-refractivity contribution in [2.24, 2.45) is 0 Å². The maximum absolute atomic E-state index is 13.0. The molecule has 0 bridgehead atoms. The lowest BCUT2D eigenvalue weighted by Gasteiger charge is -2.17. The predicted molar refractivity (Wildman–Crippen MR) is 95.1 cm³/mol. The van der Waals surface area contributed by atoms with E-state index in [0.29, 0.717) is 4.88 Å². The second kappa shape index (κ2) is 8.26. The van der Waals surface area contributed by atoms with Crippen LogP contribution in [0, 0.1) is 6.92 Å². The summed E-state index contributed by atoms with van der Waals surface area (Å²) < 4.78 is 30.6. The van der Waals surface area contributed by atoms with Crippen molar-refractivity contribution in [3.8, 4) is 0 Å². The fourth-order valence-electron chi connectivity index (χ4n) is 2.18. The second-order valence-corrected chi connectivity index (χ2v) is 8.40. The first-order valence-electron chi connectivity index (χ1n) is 7.65. The number of carbonyl (C=O) groups is 2. The molecule has 1 aromatic carbocycles. The van der Waals surface area contributed by atoms with Crippen LogP contribution in [0.15, 0.2) is 46.7 Å². The molecule has 1 N–H and O–H groups in total. The molecule has 1 heterocycles. The van der Waals surface area contributed by atoms with Gasteiger partial charge in [-0.1, -0.05) is 23.8 Å². The number of nitrogens with one attached hydrogen (secondary N) is 1. The highest BCUT2D eigenvalue weighted by Crippen LogP contribution is 2.31. The number of hydrogen-bond donors (Lipinski definition) is 1. The van der Waals surface area contributed by atoms with E-state index in [-0.39, 0.29) is 18.0 Å². The molecule has 0 fully saturated rings. The van der Waals surface area contributed by atoms with Crippen molar-refractivity contribution in [1.82, 2.24) is 5.32 Å². The smallest absolute Gasteiger partial charge is 0.396 e. The molecule has 8 heteroatoms. The second-order valence-electron chi connectivity index (χ2n) is 5.29. The van der Waals surface area contributed by atoms with Gasteiger partial charge in [-0.2, -0.15) is 0 Å². The number of rotatable bonds is 6. The third-order valence-electron chi connectivity index (χ3n) is 3.49. The van der Waals surface area contributed by atoms with Crippen LogP contribution in [0.4, 0.5) is 0 Å². The zero-order chi connectivity index (χ0) is 18.4. The Morgan fingerprint density at radius 2 is 1.88 bits per heavy atom. The van der Waals surface area contributed by atoms with Gasteiger partial charge in [-0.25, -0.2) is 13.2 Å². The van der Waals surface area contributed by atoms with E-state index in [2.05, 4.69) is 10.1 Å². The van der Waals surface area contributed by atoms with E-state index in [9.17, 15) is 18.0 Å². The number of amides is 1. The van der Waals surface area contributed by atoms with E-state index in [1.165, 1.54) is 11.3 Å². The number of esters is 1. The molecule has 0 radical (unpaired) electrons. The molecule has 0 unspecified atom stereocenters. The highest BCUT2D eigenvalue weighted by atomic mass is 32.2. The molecule has 6 nitrogen and oxygen atoms in total. The van der Waals surface area contributed by atoms with Crippen LogP contribution >= 0.6 is 11.3 Å². The van der Waals surface area contributed by atoms with Crippen molar-refractivity contribution in [1.29, 1.82) is 0 Å². The molecule has 1 amide bonds. The molecule has 0 aliphatic heterocycles. The van der Waals surface area contributed by atoms with E-state index in [0.717, 1.165) is 5.56 Å². The Bertz CT molecular complexity index is 826. The minimum absolute atomic E-state index is 0.0717. The highest BCUT2D eigenvalue weighted by molar-refractivity contribution is 7.91. The number of benzene rings is 1. The fourth-order valence-corrected chi connectivity index (χ4v) is 4.97. The summed E-state index contributed by atoms with van der Waals surface area (Å²) >= 11 is 1.28. The largest absolute Gasteiger partial charge is 0.459 e. The first kappa shape index (κ1) is 19.1. The summed E-state index contributed by atoms with van der Waals surface area (Å²) in [6.07, 6.45) is 0. The molecule has 0 aliphatic carbocycles. The summed E-state index contributed by atoms with van der Waals surface area (Å²) in [4.78, 5) is 23.9. The quantitative estimate of drug-likeness (QED) is 0.612. The van der Waals surface area contributed by atoms with Crippen LogP contribution in [0.25, 0.3) is 0 Å². The van der Waals surface area contributed by atoms with Crippen LogP contribution in [0.2, 0.25) is 0 Å². The van der Waals surface area contributed by atoms with Crippen LogP contribution in [-0.2, 0) is 24.2 Å². The van der Waals surface area contributed by atoms with Crippen molar-refractivity contribution in [3.63, 3.8) is 0 Å². The van der Waals surface area contributed by atoms with E-state index < -0.39 is 27.0 Å². The zero-order valence-corrected chi connectivity index (χ0v) is 15.5. The number of carbonyl (C=O) groups excluding carboxylic acids is 2. The Kier molecular flexibility index (Phi) is 6.33. The van der Waals surface area contributed by atoms with Crippen molar-refractivity contribution in [2.75, 3.05) is 13.2 Å². The van der Waals surface area contributed by atoms with Gasteiger partial charge in [-0.15, -0.1) is 11.3 Å². The minimum atomic E-state index is -3.73. The van der Waals surface area contributed by atoms with Gasteiger partial charge in [0.15, 0.2) is 9.84 Å². The van der Waals surface area contributed by atoms with Gasteiger partial charge in [-0.05, 0) is 37.4 Å². The van der Waals surface area contributed by atoms with Gasteiger partial charge < -0.3 is 10.1 Å². The molecule has 0 spiro atoms. The minimum Gasteiger partial charge on any atom is -0.459 e. The molecule has 1 atom stereocenters. The third-order valence-corrected chi connectivity index (χ3v) is 6.73. The van der Waals surface area contributed by atoms with Gasteiger partial charge >= 0.3 is 11.9 Å². The van der Waals surface area contributed by atoms with Gasteiger partial charge in [0.2, 0.25) is 0 Å². The number of sulfone groups is 1. The van der Waals surface area contributed by atoms with Gasteiger partial charge in [0, 0.05) is 11.4 Å². The summed E-state index contributed by atoms with van der Waals surface area (Å²) in [6.45, 7) is 3.31. The number of hydrogen-bond acceptors (Lipinski definition) is 6. The Morgan fingerprint density at radius 1 is 1.20 bits per heavy atom.